The van der Waals surface area contributed by atoms with Crippen molar-refractivity contribution in [2.24, 2.45) is 5.92 Å². The van der Waals surface area contributed by atoms with E-state index >= 15 is 0 Å². The molecular formula is C16H20BrNO3. The molecule has 1 aliphatic carbocycles. The van der Waals surface area contributed by atoms with Gasteiger partial charge in [0, 0.05) is 10.5 Å². The third-order valence-electron chi connectivity index (χ3n) is 3.93. The minimum absolute atomic E-state index is 0.105. The van der Waals surface area contributed by atoms with E-state index in [1.165, 1.54) is 0 Å². The van der Waals surface area contributed by atoms with E-state index in [9.17, 15) is 14.7 Å². The Morgan fingerprint density at radius 3 is 2.71 bits per heavy atom. The maximum atomic E-state index is 12.2. The minimum Gasteiger partial charge on any atom is -0.481 e. The first-order chi connectivity index (χ1) is 10.1. The zero-order valence-corrected chi connectivity index (χ0v) is 13.4. The molecule has 0 aromatic heterocycles. The fourth-order valence-corrected chi connectivity index (χ4v) is 3.31. The molecule has 114 valence electrons. The molecule has 1 aliphatic rings. The lowest BCUT2D eigenvalue weighted by molar-refractivity contribution is -0.143. The molecule has 1 fully saturated rings. The van der Waals surface area contributed by atoms with Gasteiger partial charge in [-0.3, -0.25) is 9.59 Å². The largest absolute Gasteiger partial charge is 0.481 e. The highest BCUT2D eigenvalue weighted by Gasteiger charge is 2.30. The Kier molecular flexibility index (Phi) is 5.79. The third-order valence-corrected chi connectivity index (χ3v) is 4.43. The predicted octanol–water partition coefficient (Wildman–Crippen LogP) is 3.14. The highest BCUT2D eigenvalue weighted by atomic mass is 79.9. The molecule has 1 aromatic carbocycles. The number of carbonyl (C=O) groups is 2. The van der Waals surface area contributed by atoms with Crippen molar-refractivity contribution in [2.75, 3.05) is 0 Å². The van der Waals surface area contributed by atoms with E-state index in [2.05, 4.69) is 21.2 Å². The van der Waals surface area contributed by atoms with E-state index in [0.29, 0.717) is 6.42 Å². The topological polar surface area (TPSA) is 66.4 Å². The summed E-state index contributed by atoms with van der Waals surface area (Å²) in [6.07, 6.45) is 4.63. The summed E-state index contributed by atoms with van der Waals surface area (Å²) in [5, 5.41) is 12.2. The molecule has 0 bridgehead atoms. The second kappa shape index (κ2) is 7.59. The van der Waals surface area contributed by atoms with E-state index in [1.54, 1.807) is 0 Å². The standard InChI is InChI=1S/C16H20BrNO3/c17-12-6-4-5-11(9-12)10-15(19)18-14-8-3-1-2-7-13(14)16(20)21/h4-6,9,13-14H,1-3,7-8,10H2,(H,18,19)(H,20,21)/t13-,14+/m1/s1. The van der Waals surface area contributed by atoms with E-state index in [4.69, 9.17) is 0 Å². The van der Waals surface area contributed by atoms with Crippen molar-refractivity contribution in [2.45, 2.75) is 44.6 Å². The number of rotatable bonds is 4. The van der Waals surface area contributed by atoms with Gasteiger partial charge in [-0.1, -0.05) is 47.3 Å². The van der Waals surface area contributed by atoms with Crippen molar-refractivity contribution in [3.8, 4) is 0 Å². The number of carboxylic acid groups (broad SMARTS) is 1. The zero-order chi connectivity index (χ0) is 15.2. The van der Waals surface area contributed by atoms with Gasteiger partial charge in [0.05, 0.1) is 12.3 Å². The van der Waals surface area contributed by atoms with Crippen LogP contribution in [0.25, 0.3) is 0 Å². The van der Waals surface area contributed by atoms with E-state index < -0.39 is 11.9 Å². The molecular weight excluding hydrogens is 334 g/mol. The number of benzene rings is 1. The van der Waals surface area contributed by atoms with Crippen molar-refractivity contribution in [3.63, 3.8) is 0 Å². The first kappa shape index (κ1) is 16.0. The van der Waals surface area contributed by atoms with Gasteiger partial charge in [0.2, 0.25) is 5.91 Å². The summed E-state index contributed by atoms with van der Waals surface area (Å²) in [4.78, 5) is 23.5. The van der Waals surface area contributed by atoms with Crippen molar-refractivity contribution < 1.29 is 14.7 Å². The molecule has 0 unspecified atom stereocenters. The maximum Gasteiger partial charge on any atom is 0.308 e. The lowest BCUT2D eigenvalue weighted by Gasteiger charge is -2.22. The van der Waals surface area contributed by atoms with Gasteiger partial charge in [0.25, 0.3) is 0 Å². The number of carbonyl (C=O) groups excluding carboxylic acids is 1. The van der Waals surface area contributed by atoms with Gasteiger partial charge < -0.3 is 10.4 Å². The second-order valence-electron chi connectivity index (χ2n) is 5.56. The maximum absolute atomic E-state index is 12.2. The molecule has 1 aromatic rings. The molecule has 5 heteroatoms. The van der Waals surface area contributed by atoms with Crippen LogP contribution < -0.4 is 5.32 Å². The predicted molar refractivity (Wildman–Crippen MR) is 84.0 cm³/mol. The molecule has 21 heavy (non-hydrogen) atoms. The zero-order valence-electron chi connectivity index (χ0n) is 11.8. The summed E-state index contributed by atoms with van der Waals surface area (Å²) in [7, 11) is 0. The Labute approximate surface area is 133 Å². The lowest BCUT2D eigenvalue weighted by Crippen LogP contribution is -2.43. The average Bonchev–Trinajstić information content (AvgIpc) is 2.64. The molecule has 0 heterocycles. The van der Waals surface area contributed by atoms with E-state index in [-0.39, 0.29) is 18.4 Å². The number of carboxylic acids is 1. The quantitative estimate of drug-likeness (QED) is 0.817. The van der Waals surface area contributed by atoms with Crippen molar-refractivity contribution in [3.05, 3.63) is 34.3 Å². The average molecular weight is 354 g/mol. The Hall–Kier alpha value is -1.36. The summed E-state index contributed by atoms with van der Waals surface area (Å²) < 4.78 is 0.936. The second-order valence-corrected chi connectivity index (χ2v) is 6.48. The molecule has 0 spiro atoms. The Balaban J connectivity index is 1.97. The number of aliphatic carboxylic acids is 1. The Bertz CT molecular complexity index is 518. The molecule has 1 amide bonds. The lowest BCUT2D eigenvalue weighted by atomic mass is 9.94. The number of halogens is 1. The fraction of sp³-hybridized carbons (Fsp3) is 0.500. The highest BCUT2D eigenvalue weighted by molar-refractivity contribution is 9.10. The van der Waals surface area contributed by atoms with Gasteiger partial charge in [-0.2, -0.15) is 0 Å². The number of hydrogen-bond acceptors (Lipinski definition) is 2. The van der Waals surface area contributed by atoms with Gasteiger partial charge in [-0.05, 0) is 30.5 Å². The molecule has 2 atom stereocenters. The van der Waals surface area contributed by atoms with Crippen LogP contribution in [0.4, 0.5) is 0 Å². The fourth-order valence-electron chi connectivity index (χ4n) is 2.87. The number of amides is 1. The van der Waals surface area contributed by atoms with Crippen molar-refractivity contribution >= 4 is 27.8 Å². The molecule has 0 saturated heterocycles. The monoisotopic (exact) mass is 353 g/mol. The van der Waals surface area contributed by atoms with Gasteiger partial charge in [-0.15, -0.1) is 0 Å². The summed E-state index contributed by atoms with van der Waals surface area (Å²) in [6, 6.07) is 7.35. The normalized spacial score (nSPS) is 22.3. The van der Waals surface area contributed by atoms with Gasteiger partial charge in [0.15, 0.2) is 0 Å². The summed E-state index contributed by atoms with van der Waals surface area (Å²) in [5.41, 5.74) is 0.919. The van der Waals surface area contributed by atoms with Crippen LogP contribution in [0.3, 0.4) is 0 Å². The highest BCUT2D eigenvalue weighted by Crippen LogP contribution is 2.24. The van der Waals surface area contributed by atoms with Crippen LogP contribution >= 0.6 is 15.9 Å². The number of nitrogens with one attached hydrogen (secondary N) is 1. The SMILES string of the molecule is O=C(Cc1cccc(Br)c1)N[C@H]1CCCCC[C@H]1C(=O)O. The van der Waals surface area contributed by atoms with E-state index in [0.717, 1.165) is 35.7 Å². The van der Waals surface area contributed by atoms with Crippen LogP contribution in [0.15, 0.2) is 28.7 Å². The molecule has 0 aliphatic heterocycles. The van der Waals surface area contributed by atoms with Crippen LogP contribution in [-0.2, 0) is 16.0 Å². The van der Waals surface area contributed by atoms with Crippen LogP contribution in [0.2, 0.25) is 0 Å². The number of hydrogen-bond donors (Lipinski definition) is 2. The van der Waals surface area contributed by atoms with Crippen LogP contribution in [0, 0.1) is 5.92 Å². The third kappa shape index (κ3) is 4.84. The van der Waals surface area contributed by atoms with Crippen molar-refractivity contribution in [1.29, 1.82) is 0 Å². The molecule has 0 radical (unpaired) electrons. The van der Waals surface area contributed by atoms with Gasteiger partial charge in [0.1, 0.15) is 0 Å². The molecule has 1 saturated carbocycles. The van der Waals surface area contributed by atoms with Crippen molar-refractivity contribution in [1.82, 2.24) is 5.32 Å². The van der Waals surface area contributed by atoms with Gasteiger partial charge >= 0.3 is 5.97 Å². The summed E-state index contributed by atoms with van der Waals surface area (Å²) in [5.74, 6) is -1.37. The van der Waals surface area contributed by atoms with Gasteiger partial charge in [-0.25, -0.2) is 0 Å². The summed E-state index contributed by atoms with van der Waals surface area (Å²) in [6.45, 7) is 0. The first-order valence-corrected chi connectivity index (χ1v) is 8.12. The first-order valence-electron chi connectivity index (χ1n) is 7.33. The smallest absolute Gasteiger partial charge is 0.308 e. The van der Waals surface area contributed by atoms with E-state index in [1.807, 2.05) is 24.3 Å². The Morgan fingerprint density at radius 2 is 2.00 bits per heavy atom. The Morgan fingerprint density at radius 1 is 1.24 bits per heavy atom. The minimum atomic E-state index is -0.801. The molecule has 2 rings (SSSR count). The van der Waals surface area contributed by atoms with Crippen LogP contribution in [-0.4, -0.2) is 23.0 Å². The van der Waals surface area contributed by atoms with Crippen LogP contribution in [0.1, 0.15) is 37.7 Å². The molecule has 4 nitrogen and oxygen atoms in total. The molecule has 2 N–H and O–H groups in total. The summed E-state index contributed by atoms with van der Waals surface area (Å²) >= 11 is 3.38. The van der Waals surface area contributed by atoms with Crippen LogP contribution in [0.5, 0.6) is 0 Å².